The van der Waals surface area contributed by atoms with Crippen molar-refractivity contribution in [3.63, 3.8) is 0 Å². The van der Waals surface area contributed by atoms with E-state index < -0.39 is 24.5 Å². The Labute approximate surface area is 81.2 Å². The summed E-state index contributed by atoms with van der Waals surface area (Å²) in [7, 11) is 0. The Morgan fingerprint density at radius 1 is 1.57 bits per heavy atom. The zero-order valence-electron chi connectivity index (χ0n) is 7.86. The summed E-state index contributed by atoms with van der Waals surface area (Å²) in [6.45, 7) is 4.04. The second-order valence-corrected chi connectivity index (χ2v) is 2.70. The third kappa shape index (κ3) is 4.01. The van der Waals surface area contributed by atoms with E-state index in [0.29, 0.717) is 0 Å². The van der Waals surface area contributed by atoms with Gasteiger partial charge in [0.05, 0.1) is 6.61 Å². The molecule has 0 heterocycles. The van der Waals surface area contributed by atoms with Crippen molar-refractivity contribution in [3.8, 4) is 0 Å². The van der Waals surface area contributed by atoms with Gasteiger partial charge in [-0.3, -0.25) is 0 Å². The second kappa shape index (κ2) is 6.11. The molecule has 0 saturated carbocycles. The molecule has 6 nitrogen and oxygen atoms in total. The van der Waals surface area contributed by atoms with E-state index in [1.807, 2.05) is 0 Å². The lowest BCUT2D eigenvalue weighted by Crippen LogP contribution is -2.29. The van der Waals surface area contributed by atoms with Crippen molar-refractivity contribution < 1.29 is 24.3 Å². The lowest BCUT2D eigenvalue weighted by molar-refractivity contribution is -0.155. The van der Waals surface area contributed by atoms with E-state index in [-0.39, 0.29) is 12.2 Å². The number of esters is 1. The summed E-state index contributed by atoms with van der Waals surface area (Å²) in [5.74, 6) is 2.18. The van der Waals surface area contributed by atoms with Crippen LogP contribution >= 0.6 is 0 Å². The molecule has 0 amide bonds. The molecule has 0 rings (SSSR count). The average molecular weight is 203 g/mol. The summed E-state index contributed by atoms with van der Waals surface area (Å²) in [5.41, 5.74) is 0.211. The largest absolute Gasteiger partial charge is 0.461 e. The molecule has 0 aliphatic carbocycles. The number of aliphatic hydroxyl groups excluding tert-OH is 1. The quantitative estimate of drug-likeness (QED) is 0.342. The highest BCUT2D eigenvalue weighted by molar-refractivity contribution is 5.87. The fourth-order valence-electron chi connectivity index (χ4n) is 0.591. The van der Waals surface area contributed by atoms with E-state index in [0.717, 1.165) is 0 Å². The fraction of sp³-hybridized carbons (Fsp3) is 0.500. The summed E-state index contributed by atoms with van der Waals surface area (Å²) in [6.07, 6.45) is 0. The molecule has 1 unspecified atom stereocenters. The van der Waals surface area contributed by atoms with Gasteiger partial charge in [0.2, 0.25) is 0 Å². The second-order valence-electron chi connectivity index (χ2n) is 2.70. The van der Waals surface area contributed by atoms with Crippen molar-refractivity contribution in [2.45, 2.75) is 6.92 Å². The normalized spacial score (nSPS) is 11.6. The van der Waals surface area contributed by atoms with Gasteiger partial charge in [0.15, 0.2) is 0 Å². The summed E-state index contributed by atoms with van der Waals surface area (Å²) < 4.78 is 4.62. The van der Waals surface area contributed by atoms with Gasteiger partial charge in [-0.1, -0.05) is 6.58 Å². The molecule has 0 radical (unpaired) electrons. The minimum absolute atomic E-state index is 0.211. The molecule has 0 aromatic carbocycles. The number of ether oxygens (including phenoxy) is 1. The third-order valence-corrected chi connectivity index (χ3v) is 1.43. The molecule has 0 aliphatic heterocycles. The SMILES string of the molecule is C=C(C)C(=O)OCC(CO)C(=O)ON. The zero-order chi connectivity index (χ0) is 11.1. The van der Waals surface area contributed by atoms with Crippen molar-refractivity contribution in [1.82, 2.24) is 0 Å². The number of hydrogen-bond donors (Lipinski definition) is 2. The minimum atomic E-state index is -0.955. The van der Waals surface area contributed by atoms with Gasteiger partial charge in [-0.05, 0) is 6.92 Å². The molecular weight excluding hydrogens is 190 g/mol. The Kier molecular flexibility index (Phi) is 5.50. The number of nitrogens with two attached hydrogens (primary N) is 1. The lowest BCUT2D eigenvalue weighted by atomic mass is 10.2. The van der Waals surface area contributed by atoms with Gasteiger partial charge >= 0.3 is 11.9 Å². The molecule has 0 fully saturated rings. The van der Waals surface area contributed by atoms with Gasteiger partial charge in [-0.2, -0.15) is 5.90 Å². The maximum atomic E-state index is 10.9. The van der Waals surface area contributed by atoms with Crippen LogP contribution < -0.4 is 5.90 Å². The van der Waals surface area contributed by atoms with Crippen molar-refractivity contribution in [3.05, 3.63) is 12.2 Å². The maximum absolute atomic E-state index is 10.9. The van der Waals surface area contributed by atoms with Gasteiger partial charge in [0.25, 0.3) is 0 Å². The lowest BCUT2D eigenvalue weighted by Gasteiger charge is -2.11. The van der Waals surface area contributed by atoms with Crippen LogP contribution in [0.4, 0.5) is 0 Å². The highest BCUT2D eigenvalue weighted by Crippen LogP contribution is 2.01. The molecular formula is C8H13NO5. The first-order chi connectivity index (χ1) is 6.52. The average Bonchev–Trinajstić information content (AvgIpc) is 2.17. The van der Waals surface area contributed by atoms with Crippen LogP contribution in [0.5, 0.6) is 0 Å². The van der Waals surface area contributed by atoms with Gasteiger partial charge < -0.3 is 14.7 Å². The van der Waals surface area contributed by atoms with Crippen LogP contribution in [-0.4, -0.2) is 30.3 Å². The van der Waals surface area contributed by atoms with E-state index in [1.165, 1.54) is 6.92 Å². The van der Waals surface area contributed by atoms with Crippen LogP contribution in [0, 0.1) is 5.92 Å². The molecule has 80 valence electrons. The van der Waals surface area contributed by atoms with Gasteiger partial charge in [-0.15, -0.1) is 0 Å². The Morgan fingerprint density at radius 3 is 2.50 bits per heavy atom. The molecule has 6 heteroatoms. The topological polar surface area (TPSA) is 98.8 Å². The van der Waals surface area contributed by atoms with Crippen LogP contribution in [-0.2, 0) is 19.2 Å². The van der Waals surface area contributed by atoms with Crippen LogP contribution in [0.3, 0.4) is 0 Å². The number of carbonyl (C=O) groups is 2. The van der Waals surface area contributed by atoms with E-state index in [2.05, 4.69) is 22.1 Å². The Morgan fingerprint density at radius 2 is 2.14 bits per heavy atom. The Bertz CT molecular complexity index is 238. The summed E-state index contributed by atoms with van der Waals surface area (Å²) in [6, 6.07) is 0. The Hall–Kier alpha value is -1.40. The monoisotopic (exact) mass is 203 g/mol. The van der Waals surface area contributed by atoms with Crippen molar-refractivity contribution in [2.24, 2.45) is 11.8 Å². The first-order valence-corrected chi connectivity index (χ1v) is 3.87. The van der Waals surface area contributed by atoms with Gasteiger partial charge in [0, 0.05) is 5.57 Å². The number of rotatable bonds is 5. The first kappa shape index (κ1) is 12.6. The van der Waals surface area contributed by atoms with Crippen LogP contribution in [0.1, 0.15) is 6.92 Å². The summed E-state index contributed by atoms with van der Waals surface area (Å²) >= 11 is 0. The van der Waals surface area contributed by atoms with Crippen molar-refractivity contribution in [1.29, 1.82) is 0 Å². The van der Waals surface area contributed by atoms with Gasteiger partial charge in [0.1, 0.15) is 12.5 Å². The van der Waals surface area contributed by atoms with Crippen molar-refractivity contribution >= 4 is 11.9 Å². The Balaban J connectivity index is 4.02. The molecule has 0 saturated heterocycles. The summed E-state index contributed by atoms with van der Waals surface area (Å²) in [5, 5.41) is 8.71. The molecule has 14 heavy (non-hydrogen) atoms. The highest BCUT2D eigenvalue weighted by atomic mass is 16.7. The minimum Gasteiger partial charge on any atom is -0.461 e. The molecule has 1 atom stereocenters. The number of carbonyl (C=O) groups excluding carboxylic acids is 2. The standard InChI is InChI=1S/C8H13NO5/c1-5(2)7(11)13-4-6(3-10)8(12)14-9/h6,10H,1,3-4,9H2,2H3. The number of aliphatic hydroxyl groups is 1. The van der Waals surface area contributed by atoms with Gasteiger partial charge in [-0.25, -0.2) is 9.59 Å². The van der Waals surface area contributed by atoms with E-state index in [1.54, 1.807) is 0 Å². The highest BCUT2D eigenvalue weighted by Gasteiger charge is 2.20. The first-order valence-electron chi connectivity index (χ1n) is 3.87. The summed E-state index contributed by atoms with van der Waals surface area (Å²) in [4.78, 5) is 25.6. The van der Waals surface area contributed by atoms with Crippen molar-refractivity contribution in [2.75, 3.05) is 13.2 Å². The zero-order valence-corrected chi connectivity index (χ0v) is 7.86. The number of hydrogen-bond acceptors (Lipinski definition) is 6. The molecule has 0 bridgehead atoms. The maximum Gasteiger partial charge on any atom is 0.333 e. The third-order valence-electron chi connectivity index (χ3n) is 1.43. The fourth-order valence-corrected chi connectivity index (χ4v) is 0.591. The predicted octanol–water partition coefficient (Wildman–Crippen LogP) is -0.869. The molecule has 0 aliphatic rings. The van der Waals surface area contributed by atoms with Crippen LogP contribution in [0.2, 0.25) is 0 Å². The van der Waals surface area contributed by atoms with E-state index >= 15 is 0 Å². The van der Waals surface area contributed by atoms with Crippen LogP contribution in [0.25, 0.3) is 0 Å². The molecule has 0 aromatic rings. The molecule has 3 N–H and O–H groups in total. The van der Waals surface area contributed by atoms with E-state index in [4.69, 9.17) is 5.11 Å². The molecule has 0 spiro atoms. The van der Waals surface area contributed by atoms with E-state index in [9.17, 15) is 9.59 Å². The predicted molar refractivity (Wildman–Crippen MR) is 46.6 cm³/mol. The smallest absolute Gasteiger partial charge is 0.333 e. The molecule has 0 aromatic heterocycles. The van der Waals surface area contributed by atoms with Crippen LogP contribution in [0.15, 0.2) is 12.2 Å².